The molecule has 2 aliphatic rings. The molecular weight excluding hydrogens is 606 g/mol. The number of fused-ring (bicyclic) bond motifs is 2. The van der Waals surface area contributed by atoms with Gasteiger partial charge in [-0.1, -0.05) is 72.3 Å². The van der Waals surface area contributed by atoms with E-state index in [-0.39, 0.29) is 37.6 Å². The van der Waals surface area contributed by atoms with Crippen molar-refractivity contribution >= 4 is 41.0 Å². The molecule has 0 fully saturated rings. The smallest absolute Gasteiger partial charge is 0.415 e. The van der Waals surface area contributed by atoms with Gasteiger partial charge in [-0.05, 0) is 61.6 Å². The Hall–Kier alpha value is -4.21. The van der Waals surface area contributed by atoms with E-state index in [0.29, 0.717) is 23.7 Å². The van der Waals surface area contributed by atoms with Crippen LogP contribution in [0, 0.1) is 0 Å². The zero-order chi connectivity index (χ0) is 33.0. The summed E-state index contributed by atoms with van der Waals surface area (Å²) in [5.74, 6) is -1.72. The normalized spacial score (nSPS) is 18.7. The van der Waals surface area contributed by atoms with Crippen molar-refractivity contribution < 1.29 is 28.7 Å². The number of halogens is 1. The SMILES string of the molecule is COC(=O)C[C@H]1NCc2ccccc2C1C(=O)CN(CCc1ccccc1Cl)C(=O)[C@H]1Cc2ccccc2N1C(=O)OC(C)(C)C. The summed E-state index contributed by atoms with van der Waals surface area (Å²) in [5, 5.41) is 3.90. The number of esters is 1. The van der Waals surface area contributed by atoms with Gasteiger partial charge in [-0.3, -0.25) is 19.3 Å². The van der Waals surface area contributed by atoms with E-state index in [1.165, 1.54) is 16.9 Å². The summed E-state index contributed by atoms with van der Waals surface area (Å²) < 4.78 is 10.7. The number of para-hydroxylation sites is 1. The molecule has 10 heteroatoms. The van der Waals surface area contributed by atoms with Crippen LogP contribution < -0.4 is 10.2 Å². The number of carbonyl (C=O) groups excluding carboxylic acids is 4. The van der Waals surface area contributed by atoms with Crippen LogP contribution in [0.25, 0.3) is 0 Å². The Labute approximate surface area is 274 Å². The molecule has 3 aromatic carbocycles. The zero-order valence-electron chi connectivity index (χ0n) is 26.6. The lowest BCUT2D eigenvalue weighted by Crippen LogP contribution is -2.53. The molecule has 0 bridgehead atoms. The average molecular weight is 646 g/mol. The number of amides is 2. The number of methoxy groups -OCH3 is 1. The van der Waals surface area contributed by atoms with E-state index < -0.39 is 35.7 Å². The van der Waals surface area contributed by atoms with Gasteiger partial charge in [-0.15, -0.1) is 0 Å². The first-order chi connectivity index (χ1) is 22.0. The van der Waals surface area contributed by atoms with Gasteiger partial charge in [-0.25, -0.2) is 4.79 Å². The highest BCUT2D eigenvalue weighted by Crippen LogP contribution is 2.35. The molecule has 0 saturated heterocycles. The predicted molar refractivity (Wildman–Crippen MR) is 176 cm³/mol. The van der Waals surface area contributed by atoms with E-state index in [9.17, 15) is 19.2 Å². The van der Waals surface area contributed by atoms with Crippen LogP contribution >= 0.6 is 11.6 Å². The van der Waals surface area contributed by atoms with Gasteiger partial charge in [0.05, 0.1) is 31.7 Å². The van der Waals surface area contributed by atoms with Crippen LogP contribution in [0.15, 0.2) is 72.8 Å². The van der Waals surface area contributed by atoms with E-state index in [1.54, 1.807) is 32.9 Å². The molecule has 1 unspecified atom stereocenters. The Balaban J connectivity index is 1.48. The molecule has 3 atom stereocenters. The Kier molecular flexibility index (Phi) is 10.1. The Bertz CT molecular complexity index is 1620. The van der Waals surface area contributed by atoms with Gasteiger partial charge >= 0.3 is 12.1 Å². The van der Waals surface area contributed by atoms with E-state index in [1.807, 2.05) is 60.7 Å². The molecule has 3 aromatic rings. The minimum absolute atomic E-state index is 0.000827. The second-order valence-corrected chi connectivity index (χ2v) is 13.1. The summed E-state index contributed by atoms with van der Waals surface area (Å²) in [4.78, 5) is 57.8. The third-order valence-electron chi connectivity index (χ3n) is 8.43. The molecule has 0 aliphatic carbocycles. The summed E-state index contributed by atoms with van der Waals surface area (Å²) >= 11 is 6.47. The average Bonchev–Trinajstić information content (AvgIpc) is 3.42. The number of ether oxygens (including phenoxy) is 2. The van der Waals surface area contributed by atoms with Crippen LogP contribution in [0.3, 0.4) is 0 Å². The number of anilines is 1. The molecule has 5 rings (SSSR count). The number of Topliss-reactive ketones (excluding diaryl/α,β-unsaturated/α-hetero) is 1. The number of ketones is 1. The van der Waals surface area contributed by atoms with Crippen molar-refractivity contribution in [2.24, 2.45) is 0 Å². The molecule has 0 aromatic heterocycles. The maximum absolute atomic E-state index is 14.6. The van der Waals surface area contributed by atoms with Gasteiger partial charge in [-0.2, -0.15) is 0 Å². The van der Waals surface area contributed by atoms with Gasteiger partial charge in [0.15, 0.2) is 5.78 Å². The van der Waals surface area contributed by atoms with Crippen LogP contribution in [0.2, 0.25) is 5.02 Å². The molecule has 0 spiro atoms. The third kappa shape index (κ3) is 7.43. The minimum Gasteiger partial charge on any atom is -0.469 e. The molecule has 242 valence electrons. The lowest BCUT2D eigenvalue weighted by molar-refractivity contribution is -0.142. The molecular formula is C36H40ClN3O6. The van der Waals surface area contributed by atoms with Gasteiger partial charge in [0.25, 0.3) is 0 Å². The van der Waals surface area contributed by atoms with Crippen molar-refractivity contribution in [1.82, 2.24) is 10.2 Å². The Morgan fingerprint density at radius 3 is 2.35 bits per heavy atom. The highest BCUT2D eigenvalue weighted by Gasteiger charge is 2.43. The van der Waals surface area contributed by atoms with Gasteiger partial charge in [0, 0.05) is 30.6 Å². The highest BCUT2D eigenvalue weighted by atomic mass is 35.5. The van der Waals surface area contributed by atoms with E-state index >= 15 is 0 Å². The molecule has 46 heavy (non-hydrogen) atoms. The largest absolute Gasteiger partial charge is 0.469 e. The quantitative estimate of drug-likeness (QED) is 0.308. The van der Waals surface area contributed by atoms with E-state index in [0.717, 1.165) is 22.3 Å². The third-order valence-corrected chi connectivity index (χ3v) is 8.80. The first-order valence-electron chi connectivity index (χ1n) is 15.5. The van der Waals surface area contributed by atoms with Crippen molar-refractivity contribution in [1.29, 1.82) is 0 Å². The molecule has 2 heterocycles. The summed E-state index contributed by atoms with van der Waals surface area (Å²) in [6, 6.07) is 21.0. The van der Waals surface area contributed by atoms with Gasteiger partial charge < -0.3 is 19.7 Å². The molecule has 0 saturated carbocycles. The summed E-state index contributed by atoms with van der Waals surface area (Å²) in [6.45, 7) is 5.79. The van der Waals surface area contributed by atoms with Crippen molar-refractivity contribution in [3.05, 3.63) is 100 Å². The van der Waals surface area contributed by atoms with Gasteiger partial charge in [0.2, 0.25) is 5.91 Å². The van der Waals surface area contributed by atoms with Crippen LogP contribution in [0.4, 0.5) is 10.5 Å². The van der Waals surface area contributed by atoms with Crippen molar-refractivity contribution in [2.75, 3.05) is 25.1 Å². The fourth-order valence-electron chi connectivity index (χ4n) is 6.27. The van der Waals surface area contributed by atoms with Gasteiger partial charge in [0.1, 0.15) is 11.6 Å². The number of hydrogen-bond donors (Lipinski definition) is 1. The highest BCUT2D eigenvalue weighted by molar-refractivity contribution is 6.31. The topological polar surface area (TPSA) is 105 Å². The standard InChI is InChI=1S/C36H40ClN3O6/c1-36(2,3)46-35(44)40-29-16-10-7-12-24(29)19-30(40)34(43)39(18-17-23-11-6-9-15-27(23)37)22-31(41)33-26-14-8-5-13-25(26)21-38-28(33)20-32(42)45-4/h5-16,28,30,33,38H,17-22H2,1-4H3/t28-,30-,33?/m1/s1. The predicted octanol–water partition coefficient (Wildman–Crippen LogP) is 5.47. The first kappa shape index (κ1) is 33.2. The maximum atomic E-state index is 14.6. The summed E-state index contributed by atoms with van der Waals surface area (Å²) in [7, 11) is 1.32. The van der Waals surface area contributed by atoms with Crippen LogP contribution in [0.5, 0.6) is 0 Å². The number of hydrogen-bond acceptors (Lipinski definition) is 7. The summed E-state index contributed by atoms with van der Waals surface area (Å²) in [5.41, 5.74) is 3.28. The Morgan fingerprint density at radius 1 is 0.957 bits per heavy atom. The molecule has 9 nitrogen and oxygen atoms in total. The van der Waals surface area contributed by atoms with Crippen LogP contribution in [0.1, 0.15) is 55.4 Å². The van der Waals surface area contributed by atoms with E-state index in [2.05, 4.69) is 5.32 Å². The number of rotatable bonds is 9. The van der Waals surface area contributed by atoms with Crippen molar-refractivity contribution in [3.8, 4) is 0 Å². The second kappa shape index (κ2) is 14.1. The number of carbonyl (C=O) groups is 4. The molecule has 2 amide bonds. The first-order valence-corrected chi connectivity index (χ1v) is 15.9. The monoisotopic (exact) mass is 645 g/mol. The summed E-state index contributed by atoms with van der Waals surface area (Å²) in [6.07, 6.45) is 0.0514. The molecule has 1 N–H and O–H groups in total. The lowest BCUT2D eigenvalue weighted by Gasteiger charge is -2.36. The molecule has 0 radical (unpaired) electrons. The fourth-order valence-corrected chi connectivity index (χ4v) is 6.50. The number of nitrogens with zero attached hydrogens (tertiary/aromatic N) is 2. The second-order valence-electron chi connectivity index (χ2n) is 12.7. The fraction of sp³-hybridized carbons (Fsp3) is 0.389. The van der Waals surface area contributed by atoms with Crippen LogP contribution in [-0.4, -0.2) is 66.5 Å². The Morgan fingerprint density at radius 2 is 1.63 bits per heavy atom. The number of nitrogens with one attached hydrogen (secondary N) is 1. The van der Waals surface area contributed by atoms with Crippen LogP contribution in [-0.2, 0) is 43.2 Å². The van der Waals surface area contributed by atoms with Crippen molar-refractivity contribution in [2.45, 2.75) is 70.2 Å². The van der Waals surface area contributed by atoms with E-state index in [4.69, 9.17) is 21.1 Å². The molecule has 2 aliphatic heterocycles. The number of benzene rings is 3. The maximum Gasteiger partial charge on any atom is 0.415 e. The van der Waals surface area contributed by atoms with Crippen molar-refractivity contribution in [3.63, 3.8) is 0 Å². The minimum atomic E-state index is -0.908. The lowest BCUT2D eigenvalue weighted by atomic mass is 9.80. The zero-order valence-corrected chi connectivity index (χ0v) is 27.4.